The molecule has 2 heterocycles. The summed E-state index contributed by atoms with van der Waals surface area (Å²) < 4.78 is 0. The minimum Gasteiger partial charge on any atom is -0.465 e. The number of aromatic amines is 1. The van der Waals surface area contributed by atoms with Gasteiger partial charge in [-0.3, -0.25) is 4.79 Å². The van der Waals surface area contributed by atoms with E-state index in [1.54, 1.807) is 11.9 Å². The monoisotopic (exact) mass is 281 g/mol. The van der Waals surface area contributed by atoms with Gasteiger partial charge in [0, 0.05) is 26.7 Å². The third-order valence-electron chi connectivity index (χ3n) is 3.74. The maximum atomic E-state index is 11.9. The molecule has 8 heteroatoms. The van der Waals surface area contributed by atoms with Crippen LogP contribution in [0.3, 0.4) is 0 Å². The van der Waals surface area contributed by atoms with Gasteiger partial charge in [-0.15, -0.1) is 0 Å². The first-order chi connectivity index (χ1) is 9.58. The molecule has 2 N–H and O–H groups in total. The third kappa shape index (κ3) is 3.46. The number of amides is 2. The maximum Gasteiger partial charge on any atom is 0.407 e. The lowest BCUT2D eigenvalue weighted by Gasteiger charge is -2.30. The smallest absolute Gasteiger partial charge is 0.407 e. The Morgan fingerprint density at radius 3 is 2.75 bits per heavy atom. The van der Waals surface area contributed by atoms with Crippen LogP contribution in [0.4, 0.5) is 4.79 Å². The minimum atomic E-state index is -0.846. The molecule has 0 spiro atoms. The number of nitrogens with one attached hydrogen (secondary N) is 1. The van der Waals surface area contributed by atoms with Gasteiger partial charge in [0.15, 0.2) is 5.69 Å². The van der Waals surface area contributed by atoms with E-state index in [4.69, 9.17) is 5.11 Å². The molecular formula is C12H19N5O3. The van der Waals surface area contributed by atoms with Gasteiger partial charge in [-0.2, -0.15) is 15.4 Å². The van der Waals surface area contributed by atoms with E-state index in [0.717, 1.165) is 19.3 Å². The van der Waals surface area contributed by atoms with Crippen LogP contribution in [-0.2, 0) is 0 Å². The zero-order valence-electron chi connectivity index (χ0n) is 11.4. The van der Waals surface area contributed by atoms with Crippen LogP contribution in [0.1, 0.15) is 29.8 Å². The van der Waals surface area contributed by atoms with Crippen LogP contribution in [0.5, 0.6) is 0 Å². The highest BCUT2D eigenvalue weighted by molar-refractivity contribution is 5.91. The van der Waals surface area contributed by atoms with Gasteiger partial charge in [-0.25, -0.2) is 4.79 Å². The number of H-pyrrole nitrogens is 1. The van der Waals surface area contributed by atoms with Gasteiger partial charge in [0.25, 0.3) is 5.91 Å². The quantitative estimate of drug-likeness (QED) is 0.843. The highest BCUT2D eigenvalue weighted by Crippen LogP contribution is 2.20. The number of rotatable bonds is 4. The molecule has 0 bridgehead atoms. The fourth-order valence-electron chi connectivity index (χ4n) is 2.39. The van der Waals surface area contributed by atoms with E-state index in [9.17, 15) is 9.59 Å². The number of likely N-dealkylation sites (tertiary alicyclic amines) is 1. The summed E-state index contributed by atoms with van der Waals surface area (Å²) in [7, 11) is 1.74. The first-order valence-electron chi connectivity index (χ1n) is 6.67. The molecule has 1 aromatic heterocycles. The van der Waals surface area contributed by atoms with Crippen LogP contribution < -0.4 is 0 Å². The van der Waals surface area contributed by atoms with Gasteiger partial charge in [0.05, 0.1) is 6.20 Å². The molecule has 1 fully saturated rings. The normalized spacial score (nSPS) is 16.1. The molecule has 0 atom stereocenters. The van der Waals surface area contributed by atoms with Crippen LogP contribution in [-0.4, -0.2) is 69.0 Å². The first-order valence-corrected chi connectivity index (χ1v) is 6.67. The van der Waals surface area contributed by atoms with E-state index < -0.39 is 6.09 Å². The minimum absolute atomic E-state index is 0.151. The lowest BCUT2D eigenvalue weighted by atomic mass is 9.93. The van der Waals surface area contributed by atoms with E-state index in [1.807, 2.05) is 0 Å². The maximum absolute atomic E-state index is 11.9. The Bertz CT molecular complexity index is 454. The number of nitrogens with zero attached hydrogens (tertiary/aromatic N) is 4. The Morgan fingerprint density at radius 1 is 1.50 bits per heavy atom. The van der Waals surface area contributed by atoms with Crippen molar-refractivity contribution in [3.8, 4) is 0 Å². The molecule has 0 unspecified atom stereocenters. The average molecular weight is 281 g/mol. The molecule has 0 radical (unpaired) electrons. The van der Waals surface area contributed by atoms with Gasteiger partial charge in [-0.05, 0) is 25.2 Å². The van der Waals surface area contributed by atoms with Crippen LogP contribution in [0, 0.1) is 5.92 Å². The Hall–Kier alpha value is -2.12. The lowest BCUT2D eigenvalue weighted by molar-refractivity contribution is 0.0772. The summed E-state index contributed by atoms with van der Waals surface area (Å²) in [5.41, 5.74) is 0.313. The number of hydrogen-bond donors (Lipinski definition) is 2. The zero-order valence-corrected chi connectivity index (χ0v) is 11.4. The van der Waals surface area contributed by atoms with Crippen molar-refractivity contribution in [3.05, 3.63) is 11.9 Å². The molecule has 20 heavy (non-hydrogen) atoms. The second-order valence-corrected chi connectivity index (χ2v) is 5.08. The second kappa shape index (κ2) is 6.36. The molecule has 0 aliphatic carbocycles. The van der Waals surface area contributed by atoms with Crippen molar-refractivity contribution >= 4 is 12.0 Å². The van der Waals surface area contributed by atoms with E-state index in [-0.39, 0.29) is 5.91 Å². The van der Waals surface area contributed by atoms with Gasteiger partial charge >= 0.3 is 6.09 Å². The number of aromatic nitrogens is 3. The predicted molar refractivity (Wildman–Crippen MR) is 70.3 cm³/mol. The standard InChI is InChI=1S/C12H19N5O3/c1-16(11(18)10-8-13-15-14-10)5-2-9-3-6-17(7-4-9)12(19)20/h8-9H,2-7H2,1H3,(H,19,20)(H,13,14,15). The molecule has 1 aliphatic heterocycles. The summed E-state index contributed by atoms with van der Waals surface area (Å²) >= 11 is 0. The summed E-state index contributed by atoms with van der Waals surface area (Å²) in [5, 5.41) is 18.7. The van der Waals surface area contributed by atoms with Gasteiger partial charge < -0.3 is 14.9 Å². The molecule has 110 valence electrons. The van der Waals surface area contributed by atoms with Crippen LogP contribution in [0.25, 0.3) is 0 Å². The predicted octanol–water partition coefficient (Wildman–Crippen LogP) is 0.657. The van der Waals surface area contributed by atoms with E-state index in [1.165, 1.54) is 11.1 Å². The van der Waals surface area contributed by atoms with E-state index >= 15 is 0 Å². The fourth-order valence-corrected chi connectivity index (χ4v) is 2.39. The van der Waals surface area contributed by atoms with E-state index in [0.29, 0.717) is 31.2 Å². The summed E-state index contributed by atoms with van der Waals surface area (Å²) in [6.07, 6.45) is 3.16. The van der Waals surface area contributed by atoms with Gasteiger partial charge in [-0.1, -0.05) is 0 Å². The molecule has 1 saturated heterocycles. The Labute approximate surface area is 116 Å². The zero-order chi connectivity index (χ0) is 14.5. The summed E-state index contributed by atoms with van der Waals surface area (Å²) in [6.45, 7) is 1.81. The van der Waals surface area contributed by atoms with Crippen molar-refractivity contribution in [1.82, 2.24) is 25.2 Å². The number of hydrogen-bond acceptors (Lipinski definition) is 4. The SMILES string of the molecule is CN(CCC1CCN(C(=O)O)CC1)C(=O)c1cn[nH]n1. The second-order valence-electron chi connectivity index (χ2n) is 5.08. The number of piperidine rings is 1. The van der Waals surface area contributed by atoms with Crippen molar-refractivity contribution < 1.29 is 14.7 Å². The van der Waals surface area contributed by atoms with E-state index in [2.05, 4.69) is 15.4 Å². The largest absolute Gasteiger partial charge is 0.465 e. The average Bonchev–Trinajstić information content (AvgIpc) is 2.98. The Kier molecular flexibility index (Phi) is 4.54. The third-order valence-corrected chi connectivity index (χ3v) is 3.74. The highest BCUT2D eigenvalue weighted by atomic mass is 16.4. The highest BCUT2D eigenvalue weighted by Gasteiger charge is 2.23. The number of carbonyl (C=O) groups excluding carboxylic acids is 1. The van der Waals surface area contributed by atoms with Crippen LogP contribution in [0.2, 0.25) is 0 Å². The fraction of sp³-hybridized carbons (Fsp3) is 0.667. The molecule has 8 nitrogen and oxygen atoms in total. The van der Waals surface area contributed by atoms with Crippen molar-refractivity contribution in [3.63, 3.8) is 0 Å². The molecular weight excluding hydrogens is 262 g/mol. The van der Waals surface area contributed by atoms with Gasteiger partial charge in [0.2, 0.25) is 0 Å². The molecule has 1 aliphatic rings. The molecule has 2 rings (SSSR count). The van der Waals surface area contributed by atoms with Crippen LogP contribution >= 0.6 is 0 Å². The van der Waals surface area contributed by atoms with Crippen molar-refractivity contribution in [2.75, 3.05) is 26.7 Å². The molecule has 2 amide bonds. The Balaban J connectivity index is 1.73. The Morgan fingerprint density at radius 2 is 2.20 bits per heavy atom. The lowest BCUT2D eigenvalue weighted by Crippen LogP contribution is -2.38. The van der Waals surface area contributed by atoms with Crippen LogP contribution in [0.15, 0.2) is 6.20 Å². The number of carbonyl (C=O) groups is 2. The number of carboxylic acid groups (broad SMARTS) is 1. The summed E-state index contributed by atoms with van der Waals surface area (Å²) in [4.78, 5) is 25.8. The summed E-state index contributed by atoms with van der Waals surface area (Å²) in [6, 6.07) is 0. The molecule has 1 aromatic rings. The van der Waals surface area contributed by atoms with Crippen molar-refractivity contribution in [1.29, 1.82) is 0 Å². The van der Waals surface area contributed by atoms with Crippen molar-refractivity contribution in [2.45, 2.75) is 19.3 Å². The van der Waals surface area contributed by atoms with Gasteiger partial charge in [0.1, 0.15) is 0 Å². The molecule has 0 aromatic carbocycles. The first kappa shape index (κ1) is 14.3. The topological polar surface area (TPSA) is 102 Å². The van der Waals surface area contributed by atoms with Crippen molar-refractivity contribution in [2.24, 2.45) is 5.92 Å². The summed E-state index contributed by atoms with van der Waals surface area (Å²) in [5.74, 6) is 0.319. The molecule has 0 saturated carbocycles.